The Hall–Kier alpha value is -1.40. The van der Waals surface area contributed by atoms with Gasteiger partial charge in [0.1, 0.15) is 0 Å². The average Bonchev–Trinajstić information content (AvgIpc) is 2.99. The van der Waals surface area contributed by atoms with Gasteiger partial charge < -0.3 is 10.6 Å². The molecule has 0 aliphatic carbocycles. The Morgan fingerprint density at radius 3 is 3.14 bits per heavy atom. The Labute approximate surface area is 133 Å². The molecule has 1 aromatic carbocycles. The molecule has 21 heavy (non-hydrogen) atoms. The van der Waals surface area contributed by atoms with Crippen molar-refractivity contribution >= 4 is 21.9 Å². The van der Waals surface area contributed by atoms with Gasteiger partial charge in [-0.15, -0.1) is 5.10 Å². The maximum Gasteiger partial charge on any atom is 0.245 e. The first-order valence-corrected chi connectivity index (χ1v) is 8.10. The highest BCUT2D eigenvalue weighted by atomic mass is 79.9. The van der Waals surface area contributed by atoms with Gasteiger partial charge in [-0.05, 0) is 49.9 Å². The topological polar surface area (TPSA) is 70.8 Å². The van der Waals surface area contributed by atoms with E-state index in [1.807, 2.05) is 6.07 Å². The molecule has 1 fully saturated rings. The number of benzene rings is 1. The number of hydrogen-bond acceptors (Lipinski definition) is 4. The van der Waals surface area contributed by atoms with Crippen LogP contribution < -0.4 is 10.6 Å². The maximum absolute atomic E-state index is 5.80. The lowest BCUT2D eigenvalue weighted by Gasteiger charge is -2.31. The molecule has 2 aromatic rings. The molecule has 1 unspecified atom stereocenters. The van der Waals surface area contributed by atoms with Crippen molar-refractivity contribution in [1.82, 2.24) is 15.2 Å². The first-order valence-electron chi connectivity index (χ1n) is 7.31. The van der Waals surface area contributed by atoms with Crippen LogP contribution in [0.5, 0.6) is 0 Å². The fraction of sp³-hybridized carbons (Fsp3) is 0.467. The van der Waals surface area contributed by atoms with E-state index in [2.05, 4.69) is 55.1 Å². The number of halogens is 1. The Balaban J connectivity index is 1.84. The largest absolute Gasteiger partial charge is 0.339 e. The summed E-state index contributed by atoms with van der Waals surface area (Å²) in [5.74, 6) is 2.15. The van der Waals surface area contributed by atoms with Crippen molar-refractivity contribution in [3.8, 4) is 11.4 Å². The van der Waals surface area contributed by atoms with E-state index in [1.54, 1.807) is 0 Å². The Kier molecular flexibility index (Phi) is 4.26. The molecule has 0 bridgehead atoms. The van der Waals surface area contributed by atoms with E-state index in [1.165, 1.54) is 12.0 Å². The zero-order chi connectivity index (χ0) is 14.8. The lowest BCUT2D eigenvalue weighted by Crippen LogP contribution is -2.38. The van der Waals surface area contributed by atoms with Crippen molar-refractivity contribution in [1.29, 1.82) is 0 Å². The normalized spacial score (nSPS) is 19.0. The predicted octanol–water partition coefficient (Wildman–Crippen LogP) is 2.72. The van der Waals surface area contributed by atoms with E-state index >= 15 is 0 Å². The number of piperidine rings is 1. The van der Waals surface area contributed by atoms with Crippen LogP contribution in [-0.2, 0) is 0 Å². The molecule has 3 N–H and O–H groups in total. The van der Waals surface area contributed by atoms with Crippen molar-refractivity contribution in [2.75, 3.05) is 24.5 Å². The van der Waals surface area contributed by atoms with Gasteiger partial charge >= 0.3 is 0 Å². The third kappa shape index (κ3) is 3.11. The fourth-order valence-electron chi connectivity index (χ4n) is 2.80. The minimum atomic E-state index is 0.549. The maximum atomic E-state index is 5.80. The number of H-pyrrole nitrogens is 1. The van der Waals surface area contributed by atoms with Crippen LogP contribution in [0, 0.1) is 12.8 Å². The van der Waals surface area contributed by atoms with Gasteiger partial charge in [0.15, 0.2) is 5.82 Å². The van der Waals surface area contributed by atoms with Gasteiger partial charge in [0.2, 0.25) is 5.95 Å². The molecule has 0 saturated carbocycles. The lowest BCUT2D eigenvalue weighted by molar-refractivity contribution is 0.420. The van der Waals surface area contributed by atoms with Crippen LogP contribution >= 0.6 is 15.9 Å². The van der Waals surface area contributed by atoms with E-state index in [-0.39, 0.29) is 0 Å². The van der Waals surface area contributed by atoms with Crippen molar-refractivity contribution < 1.29 is 0 Å². The summed E-state index contributed by atoms with van der Waals surface area (Å²) in [4.78, 5) is 6.90. The van der Waals surface area contributed by atoms with Crippen LogP contribution in [0.1, 0.15) is 18.4 Å². The van der Waals surface area contributed by atoms with E-state index in [9.17, 15) is 0 Å². The lowest BCUT2D eigenvalue weighted by atomic mass is 9.99. The van der Waals surface area contributed by atoms with Crippen LogP contribution in [0.25, 0.3) is 11.4 Å². The monoisotopic (exact) mass is 349 g/mol. The van der Waals surface area contributed by atoms with Gasteiger partial charge in [-0.3, -0.25) is 5.10 Å². The Morgan fingerprint density at radius 1 is 1.48 bits per heavy atom. The molecule has 1 atom stereocenters. The van der Waals surface area contributed by atoms with E-state index in [0.29, 0.717) is 5.92 Å². The second-order valence-corrected chi connectivity index (χ2v) is 6.55. The minimum absolute atomic E-state index is 0.549. The van der Waals surface area contributed by atoms with Crippen molar-refractivity contribution in [2.45, 2.75) is 19.8 Å². The molecule has 1 saturated heterocycles. The van der Waals surface area contributed by atoms with Gasteiger partial charge in [0.05, 0.1) is 0 Å². The summed E-state index contributed by atoms with van der Waals surface area (Å²) in [7, 11) is 0. The van der Waals surface area contributed by atoms with Crippen LogP contribution in [-0.4, -0.2) is 34.8 Å². The van der Waals surface area contributed by atoms with Crippen LogP contribution in [0.3, 0.4) is 0 Å². The van der Waals surface area contributed by atoms with Crippen LogP contribution in [0.2, 0.25) is 0 Å². The standard InChI is InChI=1S/C15H20BrN5/c1-10-4-5-12(16)7-13(10)14-18-15(20-19-14)21-6-2-3-11(8-17)9-21/h4-5,7,11H,2-3,6,8-9,17H2,1H3,(H,18,19,20). The number of aromatic amines is 1. The second kappa shape index (κ2) is 6.15. The summed E-state index contributed by atoms with van der Waals surface area (Å²) in [6.07, 6.45) is 2.36. The molecular formula is C15H20BrN5. The summed E-state index contributed by atoms with van der Waals surface area (Å²) in [5, 5.41) is 7.45. The van der Waals surface area contributed by atoms with Crippen molar-refractivity contribution in [3.05, 3.63) is 28.2 Å². The number of nitrogens with zero attached hydrogens (tertiary/aromatic N) is 3. The molecule has 112 valence electrons. The van der Waals surface area contributed by atoms with E-state index in [4.69, 9.17) is 5.73 Å². The first-order chi connectivity index (χ1) is 10.2. The third-order valence-corrected chi connectivity index (χ3v) is 4.56. The first kappa shape index (κ1) is 14.5. The number of rotatable bonds is 3. The number of aryl methyl sites for hydroxylation is 1. The van der Waals surface area contributed by atoms with Crippen LogP contribution in [0.4, 0.5) is 5.95 Å². The molecular weight excluding hydrogens is 330 g/mol. The SMILES string of the molecule is Cc1ccc(Br)cc1-c1nc(N2CCCC(CN)C2)n[nH]1. The zero-order valence-electron chi connectivity index (χ0n) is 12.1. The van der Waals surface area contributed by atoms with Gasteiger partial charge in [-0.1, -0.05) is 22.0 Å². The number of aromatic nitrogens is 3. The van der Waals surface area contributed by atoms with Crippen LogP contribution in [0.15, 0.2) is 22.7 Å². The quantitative estimate of drug-likeness (QED) is 0.893. The molecule has 3 rings (SSSR count). The highest BCUT2D eigenvalue weighted by Crippen LogP contribution is 2.26. The predicted molar refractivity (Wildman–Crippen MR) is 88.2 cm³/mol. The summed E-state index contributed by atoms with van der Waals surface area (Å²) >= 11 is 3.51. The highest BCUT2D eigenvalue weighted by Gasteiger charge is 2.22. The summed E-state index contributed by atoms with van der Waals surface area (Å²) in [6, 6.07) is 6.18. The smallest absolute Gasteiger partial charge is 0.245 e. The fourth-order valence-corrected chi connectivity index (χ4v) is 3.16. The van der Waals surface area contributed by atoms with Gasteiger partial charge in [-0.2, -0.15) is 4.98 Å². The Morgan fingerprint density at radius 2 is 2.33 bits per heavy atom. The number of hydrogen-bond donors (Lipinski definition) is 2. The molecule has 0 amide bonds. The second-order valence-electron chi connectivity index (χ2n) is 5.63. The average molecular weight is 350 g/mol. The molecule has 1 aliphatic heterocycles. The van der Waals surface area contributed by atoms with Gasteiger partial charge in [0, 0.05) is 23.1 Å². The summed E-state index contributed by atoms with van der Waals surface area (Å²) in [6.45, 7) is 4.77. The van der Waals surface area contributed by atoms with Crippen molar-refractivity contribution in [2.24, 2.45) is 11.7 Å². The Bertz CT molecular complexity index is 624. The third-order valence-electron chi connectivity index (χ3n) is 4.06. The highest BCUT2D eigenvalue weighted by molar-refractivity contribution is 9.10. The molecule has 0 spiro atoms. The minimum Gasteiger partial charge on any atom is -0.339 e. The van der Waals surface area contributed by atoms with Crippen molar-refractivity contribution in [3.63, 3.8) is 0 Å². The molecule has 5 nitrogen and oxygen atoms in total. The van der Waals surface area contributed by atoms with Gasteiger partial charge in [0.25, 0.3) is 0 Å². The van der Waals surface area contributed by atoms with E-state index < -0.39 is 0 Å². The summed E-state index contributed by atoms with van der Waals surface area (Å²) in [5.41, 5.74) is 8.05. The van der Waals surface area contributed by atoms with Gasteiger partial charge in [-0.25, -0.2) is 0 Å². The number of nitrogens with one attached hydrogen (secondary N) is 1. The molecule has 6 heteroatoms. The molecule has 2 heterocycles. The zero-order valence-corrected chi connectivity index (χ0v) is 13.7. The molecule has 0 radical (unpaired) electrons. The number of nitrogens with two attached hydrogens (primary N) is 1. The summed E-state index contributed by atoms with van der Waals surface area (Å²) < 4.78 is 1.04. The molecule has 1 aromatic heterocycles. The van der Waals surface area contributed by atoms with E-state index in [0.717, 1.165) is 47.9 Å². The number of anilines is 1. The molecule has 1 aliphatic rings.